The van der Waals surface area contributed by atoms with Crippen molar-refractivity contribution in [2.75, 3.05) is 26.9 Å². The number of aryl methyl sites for hydroxylation is 2. The Bertz CT molecular complexity index is 1310. The number of ether oxygens (including phenoxy) is 2. The minimum Gasteiger partial charge on any atom is -0.508 e. The van der Waals surface area contributed by atoms with Gasteiger partial charge in [-0.25, -0.2) is 4.68 Å². The zero-order valence-corrected chi connectivity index (χ0v) is 21.8. The Morgan fingerprint density at radius 3 is 2.36 bits per heavy atom. The summed E-state index contributed by atoms with van der Waals surface area (Å²) in [6.45, 7) is 0.977. The van der Waals surface area contributed by atoms with Crippen molar-refractivity contribution in [3.8, 4) is 11.5 Å². The summed E-state index contributed by atoms with van der Waals surface area (Å²) in [7, 11) is 1.59. The van der Waals surface area contributed by atoms with Gasteiger partial charge in [0.15, 0.2) is 11.6 Å². The fourth-order valence-electron chi connectivity index (χ4n) is 3.72. The first-order valence-corrected chi connectivity index (χ1v) is 12.5. The first-order chi connectivity index (χ1) is 18.9. The van der Waals surface area contributed by atoms with Crippen LogP contribution in [0.3, 0.4) is 0 Å². The third-order valence-corrected chi connectivity index (χ3v) is 5.79. The number of methoxy groups -OCH3 is 1. The van der Waals surface area contributed by atoms with E-state index in [9.17, 15) is 19.8 Å². The van der Waals surface area contributed by atoms with Gasteiger partial charge in [-0.3, -0.25) is 9.59 Å². The fraction of sp³-hybridized carbons (Fsp3) is 0.310. The zero-order valence-electron chi connectivity index (χ0n) is 21.8. The maximum absolute atomic E-state index is 12.3. The third kappa shape index (κ3) is 9.60. The molecule has 0 fully saturated rings. The monoisotopic (exact) mass is 535 g/mol. The molecule has 0 saturated carbocycles. The molecule has 3 rings (SSSR count). The highest BCUT2D eigenvalue weighted by molar-refractivity contribution is 6.10. The molecule has 0 amide bonds. The number of aromatic nitrogens is 3. The van der Waals surface area contributed by atoms with Crippen LogP contribution in [-0.4, -0.2) is 68.8 Å². The standard InChI is InChI=1S/C29H33N3O7/c1-38-29-17-22(2-6-23(29)7-8-25-19-32(31-30-25)12-14-39-15-13-33)4-10-27(36)18-26(35)9-3-21-5-11-28(37)24(16-21)20-34/h2-6,9-11,16-17,19,33-34,37H,7-8,12-15,18,20H2,1H3. The van der Waals surface area contributed by atoms with E-state index in [1.54, 1.807) is 30.0 Å². The van der Waals surface area contributed by atoms with E-state index < -0.39 is 0 Å². The predicted octanol–water partition coefficient (Wildman–Crippen LogP) is 2.53. The number of hydrogen-bond donors (Lipinski definition) is 3. The number of nitrogens with zero attached hydrogens (tertiary/aromatic N) is 3. The Morgan fingerprint density at radius 2 is 1.67 bits per heavy atom. The van der Waals surface area contributed by atoms with E-state index in [-0.39, 0.29) is 37.0 Å². The third-order valence-electron chi connectivity index (χ3n) is 5.79. The van der Waals surface area contributed by atoms with Crippen LogP contribution in [0.5, 0.6) is 11.5 Å². The molecule has 3 aromatic rings. The molecule has 39 heavy (non-hydrogen) atoms. The summed E-state index contributed by atoms with van der Waals surface area (Å²) < 4.78 is 12.5. The van der Waals surface area contributed by atoms with Crippen LogP contribution >= 0.6 is 0 Å². The maximum Gasteiger partial charge on any atom is 0.163 e. The van der Waals surface area contributed by atoms with Gasteiger partial charge in [0, 0.05) is 11.8 Å². The predicted molar refractivity (Wildman–Crippen MR) is 145 cm³/mol. The van der Waals surface area contributed by atoms with Crippen LogP contribution in [0, 0.1) is 0 Å². The summed E-state index contributed by atoms with van der Waals surface area (Å²) in [5.74, 6) is -0.0253. The molecule has 0 aliphatic carbocycles. The molecule has 0 bridgehead atoms. The van der Waals surface area contributed by atoms with Crippen LogP contribution in [0.25, 0.3) is 12.2 Å². The second-order valence-corrected chi connectivity index (χ2v) is 8.70. The minimum atomic E-state index is -0.356. The van der Waals surface area contributed by atoms with Gasteiger partial charge in [-0.2, -0.15) is 0 Å². The summed E-state index contributed by atoms with van der Waals surface area (Å²) in [4.78, 5) is 24.5. The van der Waals surface area contributed by atoms with E-state index in [1.807, 2.05) is 24.4 Å². The lowest BCUT2D eigenvalue weighted by atomic mass is 10.0. The highest BCUT2D eigenvalue weighted by Crippen LogP contribution is 2.23. The smallest absolute Gasteiger partial charge is 0.163 e. The summed E-state index contributed by atoms with van der Waals surface area (Å²) >= 11 is 0. The molecule has 0 saturated heterocycles. The van der Waals surface area contributed by atoms with Crippen LogP contribution in [0.2, 0.25) is 0 Å². The van der Waals surface area contributed by atoms with Gasteiger partial charge in [0.2, 0.25) is 0 Å². The van der Waals surface area contributed by atoms with Gasteiger partial charge in [0.1, 0.15) is 11.5 Å². The number of benzene rings is 2. The van der Waals surface area contributed by atoms with Crippen molar-refractivity contribution in [3.05, 3.63) is 82.7 Å². The lowest BCUT2D eigenvalue weighted by molar-refractivity contribution is -0.121. The second-order valence-electron chi connectivity index (χ2n) is 8.70. The minimum absolute atomic E-state index is 0.0104. The van der Waals surface area contributed by atoms with E-state index in [4.69, 9.17) is 14.6 Å². The Morgan fingerprint density at radius 1 is 0.949 bits per heavy atom. The summed E-state index contributed by atoms with van der Waals surface area (Å²) in [5, 5.41) is 35.9. The van der Waals surface area contributed by atoms with Crippen molar-refractivity contribution < 1.29 is 34.4 Å². The number of carbonyl (C=O) groups is 2. The van der Waals surface area contributed by atoms with Crippen LogP contribution < -0.4 is 4.74 Å². The number of aliphatic hydroxyl groups excluding tert-OH is 2. The molecule has 0 atom stereocenters. The highest BCUT2D eigenvalue weighted by Gasteiger charge is 2.08. The number of hydrogen-bond acceptors (Lipinski definition) is 9. The molecule has 2 aromatic carbocycles. The van der Waals surface area contributed by atoms with Crippen LogP contribution in [-0.2, 0) is 40.3 Å². The molecule has 3 N–H and O–H groups in total. The quantitative estimate of drug-likeness (QED) is 0.143. The van der Waals surface area contributed by atoms with Crippen molar-refractivity contribution in [2.45, 2.75) is 32.4 Å². The molecule has 1 aromatic heterocycles. The molecular formula is C29H33N3O7. The van der Waals surface area contributed by atoms with Crippen LogP contribution in [0.4, 0.5) is 0 Å². The van der Waals surface area contributed by atoms with Gasteiger partial charge in [-0.05, 0) is 59.9 Å². The van der Waals surface area contributed by atoms with Gasteiger partial charge in [-0.15, -0.1) is 5.10 Å². The average molecular weight is 536 g/mol. The largest absolute Gasteiger partial charge is 0.508 e. The molecule has 10 nitrogen and oxygen atoms in total. The number of rotatable bonds is 16. The van der Waals surface area contributed by atoms with Crippen molar-refractivity contribution in [1.82, 2.24) is 15.0 Å². The number of ketones is 2. The van der Waals surface area contributed by atoms with Crippen molar-refractivity contribution in [3.63, 3.8) is 0 Å². The normalized spacial score (nSPS) is 11.5. The maximum atomic E-state index is 12.3. The molecule has 0 unspecified atom stereocenters. The summed E-state index contributed by atoms with van der Waals surface area (Å²) in [6.07, 6.45) is 8.80. The zero-order chi connectivity index (χ0) is 28.0. The number of phenols is 1. The van der Waals surface area contributed by atoms with Gasteiger partial charge in [-0.1, -0.05) is 35.6 Å². The molecule has 0 aliphatic rings. The van der Waals surface area contributed by atoms with E-state index in [0.717, 1.165) is 16.8 Å². The van der Waals surface area contributed by atoms with Gasteiger partial charge in [0.25, 0.3) is 0 Å². The van der Waals surface area contributed by atoms with Crippen molar-refractivity contribution >= 4 is 23.7 Å². The van der Waals surface area contributed by atoms with Gasteiger partial charge >= 0.3 is 0 Å². The summed E-state index contributed by atoms with van der Waals surface area (Å²) in [5.41, 5.74) is 3.58. The van der Waals surface area contributed by atoms with E-state index in [0.29, 0.717) is 49.5 Å². The van der Waals surface area contributed by atoms with E-state index in [2.05, 4.69) is 10.3 Å². The van der Waals surface area contributed by atoms with E-state index in [1.165, 1.54) is 24.3 Å². The van der Waals surface area contributed by atoms with Crippen LogP contribution in [0.15, 0.2) is 54.7 Å². The first kappa shape index (κ1) is 29.4. The van der Waals surface area contributed by atoms with Gasteiger partial charge < -0.3 is 24.8 Å². The lowest BCUT2D eigenvalue weighted by Crippen LogP contribution is -2.08. The summed E-state index contributed by atoms with van der Waals surface area (Å²) in [6, 6.07) is 10.3. The molecule has 10 heteroatoms. The fourth-order valence-corrected chi connectivity index (χ4v) is 3.72. The van der Waals surface area contributed by atoms with Crippen molar-refractivity contribution in [2.24, 2.45) is 0 Å². The van der Waals surface area contributed by atoms with Gasteiger partial charge in [0.05, 0.1) is 52.2 Å². The molecular weight excluding hydrogens is 502 g/mol. The Kier molecular flexibility index (Phi) is 11.6. The Labute approximate surface area is 226 Å². The van der Waals surface area contributed by atoms with Crippen molar-refractivity contribution in [1.29, 1.82) is 0 Å². The molecule has 1 heterocycles. The van der Waals surface area contributed by atoms with Crippen LogP contribution in [0.1, 0.15) is 34.4 Å². The van der Waals surface area contributed by atoms with E-state index >= 15 is 0 Å². The Hall–Kier alpha value is -4.12. The second kappa shape index (κ2) is 15.3. The SMILES string of the molecule is COc1cc(C=CC(=O)CC(=O)C=Cc2ccc(O)c(CO)c2)ccc1CCc1cn(CCOCCO)nn1. The number of carbonyl (C=O) groups excluding carboxylic acids is 2. The molecule has 0 spiro atoms. The lowest BCUT2D eigenvalue weighted by Gasteiger charge is -2.09. The topological polar surface area (TPSA) is 144 Å². The Balaban J connectivity index is 1.51. The highest BCUT2D eigenvalue weighted by atomic mass is 16.5. The molecule has 206 valence electrons. The molecule has 0 aliphatic heterocycles. The number of aliphatic hydroxyl groups is 2. The number of allylic oxidation sites excluding steroid dienone is 2. The molecule has 0 radical (unpaired) electrons. The average Bonchev–Trinajstić information content (AvgIpc) is 3.40. The first-order valence-electron chi connectivity index (χ1n) is 12.5. The number of aromatic hydroxyl groups is 1.